The minimum Gasteiger partial charge on any atom is -0.508 e. The van der Waals surface area contributed by atoms with Crippen LogP contribution in [-0.4, -0.2) is 68.5 Å². The average molecular weight is 396 g/mol. The topological polar surface area (TPSA) is 132 Å². The highest BCUT2D eigenvalue weighted by atomic mass is 16.3. The van der Waals surface area contributed by atoms with Crippen LogP contribution in [0.3, 0.4) is 0 Å². The Morgan fingerprint density at radius 1 is 0.786 bits per heavy atom. The number of nitrogens with one attached hydrogen (secondary N) is 4. The first-order valence-corrected chi connectivity index (χ1v) is 10.3. The van der Waals surface area contributed by atoms with E-state index in [1.165, 1.54) is 31.0 Å². The normalized spacial score (nSPS) is 10.9. The molecule has 1 amide bonds. The Labute approximate surface area is 168 Å². The highest BCUT2D eigenvalue weighted by molar-refractivity contribution is 5.97. The van der Waals surface area contributed by atoms with E-state index < -0.39 is 0 Å². The van der Waals surface area contributed by atoms with Crippen LogP contribution in [0, 0.1) is 0 Å². The maximum absolute atomic E-state index is 11.9. The Kier molecular flexibility index (Phi) is 13.9. The standard InChI is InChI=1S/C20H37N5O3/c21-8-3-11-22-9-1-2-10-23-12-4-13-24-14-5-15-25-20(28)18-16-17(26)6-7-19(18)27/h6-7,16,22-24,26-27H,1-5,8-15,21H2,(H,25,28). The van der Waals surface area contributed by atoms with Gasteiger partial charge in [0.15, 0.2) is 0 Å². The molecule has 0 aliphatic rings. The number of phenolic OH excluding ortho intramolecular Hbond substituents is 2. The van der Waals surface area contributed by atoms with Crippen molar-refractivity contribution in [3.63, 3.8) is 0 Å². The lowest BCUT2D eigenvalue weighted by molar-refractivity contribution is 0.0950. The number of nitrogens with two attached hydrogens (primary N) is 1. The van der Waals surface area contributed by atoms with Gasteiger partial charge in [-0.3, -0.25) is 4.79 Å². The van der Waals surface area contributed by atoms with Crippen LogP contribution in [0.2, 0.25) is 0 Å². The fourth-order valence-corrected chi connectivity index (χ4v) is 2.66. The van der Waals surface area contributed by atoms with E-state index in [1.54, 1.807) is 0 Å². The van der Waals surface area contributed by atoms with E-state index in [1.807, 2.05) is 0 Å². The van der Waals surface area contributed by atoms with Crippen molar-refractivity contribution in [2.75, 3.05) is 52.4 Å². The summed E-state index contributed by atoms with van der Waals surface area (Å²) < 4.78 is 0. The molecule has 8 heteroatoms. The van der Waals surface area contributed by atoms with Crippen LogP contribution in [0.5, 0.6) is 11.5 Å². The minimum absolute atomic E-state index is 0.0441. The van der Waals surface area contributed by atoms with Crippen molar-refractivity contribution in [1.82, 2.24) is 21.3 Å². The molecule has 0 radical (unpaired) electrons. The summed E-state index contributed by atoms with van der Waals surface area (Å²) in [4.78, 5) is 11.9. The Hall–Kier alpha value is -1.87. The summed E-state index contributed by atoms with van der Waals surface area (Å²) in [6.45, 7) is 7.14. The Balaban J connectivity index is 1.87. The van der Waals surface area contributed by atoms with Gasteiger partial charge in [0, 0.05) is 6.54 Å². The number of phenols is 2. The van der Waals surface area contributed by atoms with E-state index in [4.69, 9.17) is 5.73 Å². The van der Waals surface area contributed by atoms with Gasteiger partial charge in [-0.15, -0.1) is 0 Å². The number of amides is 1. The number of hydrogen-bond acceptors (Lipinski definition) is 7. The summed E-state index contributed by atoms with van der Waals surface area (Å²) in [6.07, 6.45) is 5.27. The maximum Gasteiger partial charge on any atom is 0.255 e. The molecule has 8 N–H and O–H groups in total. The van der Waals surface area contributed by atoms with Crippen molar-refractivity contribution in [1.29, 1.82) is 0 Å². The summed E-state index contributed by atoms with van der Waals surface area (Å²) in [6, 6.07) is 3.90. The maximum atomic E-state index is 11.9. The third-order valence-corrected chi connectivity index (χ3v) is 4.26. The van der Waals surface area contributed by atoms with Gasteiger partial charge in [0.2, 0.25) is 0 Å². The number of rotatable bonds is 17. The molecule has 0 bridgehead atoms. The predicted molar refractivity (Wildman–Crippen MR) is 113 cm³/mol. The van der Waals surface area contributed by atoms with Crippen molar-refractivity contribution in [3.8, 4) is 11.5 Å². The average Bonchev–Trinajstić information content (AvgIpc) is 2.69. The number of aromatic hydroxyl groups is 2. The molecule has 160 valence electrons. The van der Waals surface area contributed by atoms with E-state index >= 15 is 0 Å². The highest BCUT2D eigenvalue weighted by Gasteiger charge is 2.11. The van der Waals surface area contributed by atoms with Gasteiger partial charge < -0.3 is 37.2 Å². The number of benzene rings is 1. The van der Waals surface area contributed by atoms with Gasteiger partial charge in [-0.25, -0.2) is 0 Å². The summed E-state index contributed by atoms with van der Waals surface area (Å²) in [5.41, 5.74) is 5.53. The minimum atomic E-state index is -0.382. The van der Waals surface area contributed by atoms with Crippen molar-refractivity contribution < 1.29 is 15.0 Å². The zero-order chi connectivity index (χ0) is 20.5. The van der Waals surface area contributed by atoms with Crippen molar-refractivity contribution in [2.24, 2.45) is 5.73 Å². The SMILES string of the molecule is NCCCNCCCCNCCCNCCCNC(=O)c1cc(O)ccc1O. The molecule has 1 aromatic rings. The van der Waals surface area contributed by atoms with Crippen LogP contribution in [0.4, 0.5) is 0 Å². The molecule has 0 aliphatic carbocycles. The third kappa shape index (κ3) is 11.8. The van der Waals surface area contributed by atoms with E-state index in [0.29, 0.717) is 6.54 Å². The molecular weight excluding hydrogens is 358 g/mol. The molecule has 1 rings (SSSR count). The van der Waals surface area contributed by atoms with Gasteiger partial charge >= 0.3 is 0 Å². The number of carbonyl (C=O) groups is 1. The molecule has 0 saturated carbocycles. The molecule has 0 aliphatic heterocycles. The van der Waals surface area contributed by atoms with Crippen LogP contribution < -0.4 is 27.0 Å². The van der Waals surface area contributed by atoms with E-state index in [0.717, 1.165) is 65.1 Å². The first kappa shape index (κ1) is 24.2. The highest BCUT2D eigenvalue weighted by Crippen LogP contribution is 2.21. The van der Waals surface area contributed by atoms with Crippen LogP contribution in [0.1, 0.15) is 42.5 Å². The molecule has 0 atom stereocenters. The second-order valence-corrected chi connectivity index (χ2v) is 6.76. The molecular formula is C20H37N5O3. The summed E-state index contributed by atoms with van der Waals surface area (Å²) in [5.74, 6) is -0.562. The predicted octanol–water partition coefficient (Wildman–Crippen LogP) is 0.506. The zero-order valence-electron chi connectivity index (χ0n) is 16.8. The molecule has 0 fully saturated rings. The van der Waals surface area contributed by atoms with Gasteiger partial charge in [-0.2, -0.15) is 0 Å². The smallest absolute Gasteiger partial charge is 0.255 e. The van der Waals surface area contributed by atoms with Crippen molar-refractivity contribution >= 4 is 5.91 Å². The van der Waals surface area contributed by atoms with Gasteiger partial charge in [0.05, 0.1) is 5.56 Å². The van der Waals surface area contributed by atoms with E-state index in [9.17, 15) is 15.0 Å². The van der Waals surface area contributed by atoms with E-state index in [-0.39, 0.29) is 23.0 Å². The summed E-state index contributed by atoms with van der Waals surface area (Å²) in [5, 5.41) is 31.9. The van der Waals surface area contributed by atoms with Crippen molar-refractivity contribution in [3.05, 3.63) is 23.8 Å². The van der Waals surface area contributed by atoms with Crippen LogP contribution in [-0.2, 0) is 0 Å². The van der Waals surface area contributed by atoms with Gasteiger partial charge in [-0.05, 0) is 96.1 Å². The van der Waals surface area contributed by atoms with Crippen LogP contribution in [0.25, 0.3) is 0 Å². The Morgan fingerprint density at radius 2 is 1.32 bits per heavy atom. The number of carbonyl (C=O) groups excluding carboxylic acids is 1. The first-order valence-electron chi connectivity index (χ1n) is 10.3. The fourth-order valence-electron chi connectivity index (χ4n) is 2.66. The second kappa shape index (κ2) is 16.1. The molecule has 28 heavy (non-hydrogen) atoms. The van der Waals surface area contributed by atoms with Crippen LogP contribution >= 0.6 is 0 Å². The molecule has 0 spiro atoms. The monoisotopic (exact) mass is 395 g/mol. The quantitative estimate of drug-likeness (QED) is 0.151. The Bertz CT molecular complexity index is 543. The van der Waals surface area contributed by atoms with Crippen molar-refractivity contribution in [2.45, 2.75) is 32.1 Å². The lowest BCUT2D eigenvalue weighted by Gasteiger charge is -2.09. The largest absolute Gasteiger partial charge is 0.508 e. The van der Waals surface area contributed by atoms with Gasteiger partial charge in [0.25, 0.3) is 5.91 Å². The third-order valence-electron chi connectivity index (χ3n) is 4.26. The molecule has 0 aromatic heterocycles. The molecule has 0 saturated heterocycles. The van der Waals surface area contributed by atoms with E-state index in [2.05, 4.69) is 21.3 Å². The summed E-state index contributed by atoms with van der Waals surface area (Å²) >= 11 is 0. The molecule has 1 aromatic carbocycles. The van der Waals surface area contributed by atoms with Gasteiger partial charge in [0.1, 0.15) is 11.5 Å². The molecule has 8 nitrogen and oxygen atoms in total. The lowest BCUT2D eigenvalue weighted by atomic mass is 10.1. The first-order chi connectivity index (χ1) is 13.6. The zero-order valence-corrected chi connectivity index (χ0v) is 16.8. The van der Waals surface area contributed by atoms with Gasteiger partial charge in [-0.1, -0.05) is 0 Å². The molecule has 0 heterocycles. The fraction of sp³-hybridized carbons (Fsp3) is 0.650. The lowest BCUT2D eigenvalue weighted by Crippen LogP contribution is -2.28. The van der Waals surface area contributed by atoms with Crippen LogP contribution in [0.15, 0.2) is 18.2 Å². The number of unbranched alkanes of at least 4 members (excludes halogenated alkanes) is 1. The number of hydrogen-bond donors (Lipinski definition) is 7. The summed E-state index contributed by atoms with van der Waals surface area (Å²) in [7, 11) is 0. The second-order valence-electron chi connectivity index (χ2n) is 6.76. The Morgan fingerprint density at radius 3 is 1.93 bits per heavy atom. The molecule has 0 unspecified atom stereocenters.